The highest BCUT2D eigenvalue weighted by molar-refractivity contribution is 6.11. The highest BCUT2D eigenvalue weighted by Gasteiger charge is 2.24. The van der Waals surface area contributed by atoms with Gasteiger partial charge in [0.05, 0.1) is 16.5 Å². The summed E-state index contributed by atoms with van der Waals surface area (Å²) < 4.78 is 6.15. The molecule has 0 unspecified atom stereocenters. The average molecular weight is 437 g/mol. The van der Waals surface area contributed by atoms with Crippen molar-refractivity contribution in [3.8, 4) is 0 Å². The topological polar surface area (TPSA) is 96.6 Å². The Bertz CT molecular complexity index is 1500. The minimum absolute atomic E-state index is 0.0496. The maximum Gasteiger partial charge on any atom is 0.336 e. The number of aromatic carboxylic acids is 1. The normalized spacial score (nSPS) is 13.8. The van der Waals surface area contributed by atoms with Crippen LogP contribution in [-0.2, 0) is 6.42 Å². The van der Waals surface area contributed by atoms with Crippen LogP contribution in [0.3, 0.4) is 0 Å². The molecule has 1 heterocycles. The summed E-state index contributed by atoms with van der Waals surface area (Å²) in [5, 5.41) is 12.5. The fraction of sp³-hybridized carbons (Fsp3) is 0.0741. The number of fused-ring (bicyclic) bond motifs is 2. The van der Waals surface area contributed by atoms with Crippen LogP contribution in [0.15, 0.2) is 82.0 Å². The molecule has 0 saturated carbocycles. The van der Waals surface area contributed by atoms with Gasteiger partial charge in [0.15, 0.2) is 5.43 Å². The summed E-state index contributed by atoms with van der Waals surface area (Å²) >= 11 is 0. The Morgan fingerprint density at radius 3 is 2.39 bits per heavy atom. The molecule has 33 heavy (non-hydrogen) atoms. The number of amides is 1. The predicted molar refractivity (Wildman–Crippen MR) is 126 cm³/mol. The highest BCUT2D eigenvalue weighted by Crippen LogP contribution is 2.34. The number of hydrogen-bond acceptors (Lipinski definition) is 4. The Morgan fingerprint density at radius 2 is 1.64 bits per heavy atom. The number of carbonyl (C=O) groups is 2. The van der Waals surface area contributed by atoms with Crippen LogP contribution in [0.25, 0.3) is 22.6 Å². The SMILES string of the molecule is O=C(O)c1ccccc1C(=O)Nc1ccc2c(=O)c3c(oc2c1)/C(=C/c1ccccc1)CC3. The van der Waals surface area contributed by atoms with E-state index in [9.17, 15) is 19.5 Å². The molecule has 0 aliphatic heterocycles. The number of carboxylic acid groups (broad SMARTS) is 1. The first-order chi connectivity index (χ1) is 16.0. The lowest BCUT2D eigenvalue weighted by atomic mass is 10.1. The fourth-order valence-electron chi connectivity index (χ4n) is 4.12. The van der Waals surface area contributed by atoms with Gasteiger partial charge in [0.25, 0.3) is 5.91 Å². The summed E-state index contributed by atoms with van der Waals surface area (Å²) in [6.07, 6.45) is 3.36. The van der Waals surface area contributed by atoms with Crippen molar-refractivity contribution in [2.75, 3.05) is 5.32 Å². The van der Waals surface area contributed by atoms with Crippen molar-refractivity contribution < 1.29 is 19.1 Å². The second-order valence-corrected chi connectivity index (χ2v) is 7.83. The summed E-state index contributed by atoms with van der Waals surface area (Å²) in [6, 6.07) is 20.7. The van der Waals surface area contributed by atoms with Crippen molar-refractivity contribution >= 4 is 40.2 Å². The Labute approximate surface area is 188 Å². The van der Waals surface area contributed by atoms with Crippen molar-refractivity contribution in [3.05, 3.63) is 111 Å². The van der Waals surface area contributed by atoms with E-state index >= 15 is 0 Å². The van der Waals surface area contributed by atoms with Gasteiger partial charge < -0.3 is 14.8 Å². The number of nitrogens with one attached hydrogen (secondary N) is 1. The summed E-state index contributed by atoms with van der Waals surface area (Å²) in [5.41, 5.74) is 3.31. The van der Waals surface area contributed by atoms with E-state index in [0.29, 0.717) is 34.4 Å². The van der Waals surface area contributed by atoms with Gasteiger partial charge >= 0.3 is 5.97 Å². The monoisotopic (exact) mass is 437 g/mol. The molecular formula is C27H19NO5. The summed E-state index contributed by atoms with van der Waals surface area (Å²) in [7, 11) is 0. The smallest absolute Gasteiger partial charge is 0.336 e. The van der Waals surface area contributed by atoms with E-state index in [2.05, 4.69) is 5.32 Å². The average Bonchev–Trinajstić information content (AvgIpc) is 3.22. The molecule has 0 fully saturated rings. The molecule has 6 heteroatoms. The molecule has 0 bridgehead atoms. The van der Waals surface area contributed by atoms with E-state index in [0.717, 1.165) is 17.6 Å². The van der Waals surface area contributed by atoms with E-state index in [-0.39, 0.29) is 16.6 Å². The summed E-state index contributed by atoms with van der Waals surface area (Å²) in [5.74, 6) is -1.16. The largest absolute Gasteiger partial charge is 0.478 e. The van der Waals surface area contributed by atoms with Crippen LogP contribution >= 0.6 is 0 Å². The fourth-order valence-corrected chi connectivity index (χ4v) is 4.12. The van der Waals surface area contributed by atoms with Crippen LogP contribution in [0.2, 0.25) is 0 Å². The van der Waals surface area contributed by atoms with Crippen molar-refractivity contribution in [2.45, 2.75) is 12.8 Å². The van der Waals surface area contributed by atoms with Gasteiger partial charge in [0.1, 0.15) is 11.3 Å². The first kappa shape index (κ1) is 20.5. The van der Waals surface area contributed by atoms with Crippen LogP contribution in [0.1, 0.15) is 44.0 Å². The Hall–Kier alpha value is -4.45. The van der Waals surface area contributed by atoms with Gasteiger partial charge in [-0.1, -0.05) is 42.5 Å². The zero-order chi connectivity index (χ0) is 22.9. The maximum atomic E-state index is 13.1. The predicted octanol–water partition coefficient (Wildman–Crippen LogP) is 5.23. The maximum absolute atomic E-state index is 13.1. The molecule has 1 aromatic heterocycles. The number of allylic oxidation sites excluding steroid dienone is 1. The number of carbonyl (C=O) groups excluding carboxylic acids is 1. The van der Waals surface area contributed by atoms with E-state index in [1.807, 2.05) is 36.4 Å². The second-order valence-electron chi connectivity index (χ2n) is 7.83. The molecule has 3 aromatic carbocycles. The van der Waals surface area contributed by atoms with Gasteiger partial charge in [-0.3, -0.25) is 9.59 Å². The van der Waals surface area contributed by atoms with Crippen LogP contribution in [0.5, 0.6) is 0 Å². The molecular weight excluding hydrogens is 418 g/mol. The minimum atomic E-state index is -1.18. The molecule has 4 aromatic rings. The van der Waals surface area contributed by atoms with Crippen LogP contribution < -0.4 is 10.7 Å². The van der Waals surface area contributed by atoms with Crippen molar-refractivity contribution in [3.63, 3.8) is 0 Å². The van der Waals surface area contributed by atoms with Gasteiger partial charge in [-0.15, -0.1) is 0 Å². The summed E-state index contributed by atoms with van der Waals surface area (Å²) in [6.45, 7) is 0. The first-order valence-corrected chi connectivity index (χ1v) is 10.5. The van der Waals surface area contributed by atoms with Crippen molar-refractivity contribution in [1.29, 1.82) is 0 Å². The van der Waals surface area contributed by atoms with Gasteiger partial charge in [-0.2, -0.15) is 0 Å². The van der Waals surface area contributed by atoms with Gasteiger partial charge in [0, 0.05) is 17.3 Å². The molecule has 2 N–H and O–H groups in total. The minimum Gasteiger partial charge on any atom is -0.478 e. The summed E-state index contributed by atoms with van der Waals surface area (Å²) in [4.78, 5) is 37.2. The lowest BCUT2D eigenvalue weighted by molar-refractivity contribution is 0.0692. The van der Waals surface area contributed by atoms with Crippen molar-refractivity contribution in [2.24, 2.45) is 0 Å². The molecule has 1 aliphatic rings. The molecule has 0 spiro atoms. The second kappa shape index (κ2) is 8.24. The van der Waals surface area contributed by atoms with E-state index in [1.54, 1.807) is 30.3 Å². The molecule has 0 atom stereocenters. The van der Waals surface area contributed by atoms with Gasteiger partial charge in [0.2, 0.25) is 0 Å². The molecule has 1 amide bonds. The Morgan fingerprint density at radius 1 is 0.909 bits per heavy atom. The first-order valence-electron chi connectivity index (χ1n) is 10.5. The van der Waals surface area contributed by atoms with Crippen molar-refractivity contribution in [1.82, 2.24) is 0 Å². The number of carboxylic acids is 1. The Kier molecular flexibility index (Phi) is 5.11. The van der Waals surface area contributed by atoms with Crippen LogP contribution in [0, 0.1) is 0 Å². The number of benzene rings is 3. The molecule has 1 aliphatic carbocycles. The molecule has 0 saturated heterocycles. The zero-order valence-corrected chi connectivity index (χ0v) is 17.5. The van der Waals surface area contributed by atoms with Gasteiger partial charge in [-0.05, 0) is 54.3 Å². The highest BCUT2D eigenvalue weighted by atomic mass is 16.4. The standard InChI is InChI=1S/C27H19NO5/c29-24-21-13-11-18(28-26(30)19-8-4-5-9-20(19)27(31)32)15-23(21)33-25-17(10-12-22(24)25)14-16-6-2-1-3-7-16/h1-9,11,13-15H,10,12H2,(H,28,30)(H,31,32)/b17-14+. The quantitative estimate of drug-likeness (QED) is 0.456. The van der Waals surface area contributed by atoms with E-state index in [4.69, 9.17) is 4.42 Å². The van der Waals surface area contributed by atoms with E-state index < -0.39 is 11.9 Å². The third-order valence-corrected chi connectivity index (χ3v) is 5.72. The lowest BCUT2D eigenvalue weighted by Gasteiger charge is -2.09. The molecule has 5 rings (SSSR count). The van der Waals surface area contributed by atoms with Crippen LogP contribution in [-0.4, -0.2) is 17.0 Å². The molecule has 6 nitrogen and oxygen atoms in total. The third-order valence-electron chi connectivity index (χ3n) is 5.72. The van der Waals surface area contributed by atoms with Gasteiger partial charge in [-0.25, -0.2) is 4.79 Å². The van der Waals surface area contributed by atoms with Crippen LogP contribution in [0.4, 0.5) is 5.69 Å². The third kappa shape index (κ3) is 3.83. The molecule has 0 radical (unpaired) electrons. The number of rotatable bonds is 4. The van der Waals surface area contributed by atoms with E-state index in [1.165, 1.54) is 12.1 Å². The zero-order valence-electron chi connectivity index (χ0n) is 17.5. The Balaban J connectivity index is 1.52. The molecule has 162 valence electrons. The number of hydrogen-bond donors (Lipinski definition) is 2. The lowest BCUT2D eigenvalue weighted by Crippen LogP contribution is -2.16. The number of anilines is 1.